The maximum Gasteiger partial charge on any atom is 0.172 e. The molecule has 4 N–H and O–H groups in total. The zero-order chi connectivity index (χ0) is 14.7. The van der Waals surface area contributed by atoms with Gasteiger partial charge >= 0.3 is 0 Å². The maximum absolute atomic E-state index is 9.65. The summed E-state index contributed by atoms with van der Waals surface area (Å²) in [5.41, 5.74) is 8.71. The van der Waals surface area contributed by atoms with E-state index in [0.29, 0.717) is 5.56 Å². The van der Waals surface area contributed by atoms with Crippen molar-refractivity contribution < 1.29 is 10.3 Å². The molecule has 0 spiro atoms. The second-order valence-electron chi connectivity index (χ2n) is 5.20. The first-order valence-corrected chi connectivity index (χ1v) is 7.76. The molecule has 2 unspecified atom stereocenters. The van der Waals surface area contributed by atoms with Gasteiger partial charge in [0.05, 0.1) is 11.7 Å². The van der Waals surface area contributed by atoms with Crippen LogP contribution in [0.4, 0.5) is 0 Å². The molecule has 0 saturated heterocycles. The third kappa shape index (κ3) is 3.24. The summed E-state index contributed by atoms with van der Waals surface area (Å²) in [5, 5.41) is 22.4. The summed E-state index contributed by atoms with van der Waals surface area (Å²) < 4.78 is 0. The summed E-state index contributed by atoms with van der Waals surface area (Å²) in [6.07, 6.45) is 3.82. The molecule has 6 heteroatoms. The molecule has 0 bridgehead atoms. The average Bonchev–Trinajstić information content (AvgIpc) is 2.45. The number of aryl methyl sites for hydroxylation is 2. The smallest absolute Gasteiger partial charge is 0.172 e. The van der Waals surface area contributed by atoms with Crippen molar-refractivity contribution in [1.29, 1.82) is 0 Å². The average molecular weight is 295 g/mol. The van der Waals surface area contributed by atoms with Crippen LogP contribution in [-0.4, -0.2) is 32.5 Å². The Morgan fingerprint density at radius 3 is 2.75 bits per heavy atom. The Morgan fingerprint density at radius 1 is 1.40 bits per heavy atom. The van der Waals surface area contributed by atoms with E-state index in [1.54, 1.807) is 6.92 Å². The van der Waals surface area contributed by atoms with Crippen LogP contribution in [0.1, 0.15) is 43.5 Å². The highest BCUT2D eigenvalue weighted by Gasteiger charge is 2.20. The van der Waals surface area contributed by atoms with E-state index >= 15 is 0 Å². The summed E-state index contributed by atoms with van der Waals surface area (Å²) >= 11 is 1.46. The maximum atomic E-state index is 9.65. The number of nitrogens with zero attached hydrogens (tertiary/aromatic N) is 2. The largest absolute Gasteiger partial charge is 0.409 e. The van der Waals surface area contributed by atoms with Crippen molar-refractivity contribution in [3.63, 3.8) is 0 Å². The number of aliphatic hydroxyl groups excluding tert-OH is 1. The van der Waals surface area contributed by atoms with E-state index in [9.17, 15) is 5.11 Å². The molecule has 2 rings (SSSR count). The molecule has 1 aromatic heterocycles. The number of thioether (sulfide) groups is 1. The zero-order valence-corrected chi connectivity index (χ0v) is 12.7. The number of nitrogens with two attached hydrogens (primary N) is 1. The predicted octanol–water partition coefficient (Wildman–Crippen LogP) is 1.92. The minimum atomic E-state index is -0.446. The van der Waals surface area contributed by atoms with Gasteiger partial charge in [-0.25, -0.2) is 4.98 Å². The van der Waals surface area contributed by atoms with Crippen LogP contribution in [0.2, 0.25) is 0 Å². The van der Waals surface area contributed by atoms with Gasteiger partial charge in [0, 0.05) is 10.9 Å². The van der Waals surface area contributed by atoms with E-state index in [1.807, 2.05) is 13.0 Å². The molecule has 1 heterocycles. The highest BCUT2D eigenvalue weighted by atomic mass is 32.2. The number of fused-ring (bicyclic) bond motifs is 1. The van der Waals surface area contributed by atoms with Gasteiger partial charge in [-0.2, -0.15) is 0 Å². The van der Waals surface area contributed by atoms with E-state index in [0.717, 1.165) is 36.4 Å². The summed E-state index contributed by atoms with van der Waals surface area (Å²) in [6.45, 7) is 3.69. The Hall–Kier alpha value is -1.27. The summed E-state index contributed by atoms with van der Waals surface area (Å²) in [7, 11) is 0. The van der Waals surface area contributed by atoms with Gasteiger partial charge in [-0.1, -0.05) is 23.8 Å². The van der Waals surface area contributed by atoms with Gasteiger partial charge in [0.25, 0.3) is 0 Å². The third-order valence-corrected chi connectivity index (χ3v) is 4.93. The molecular weight excluding hydrogens is 274 g/mol. The molecule has 110 valence electrons. The van der Waals surface area contributed by atoms with Crippen molar-refractivity contribution in [3.8, 4) is 0 Å². The van der Waals surface area contributed by atoms with Gasteiger partial charge < -0.3 is 16.0 Å². The van der Waals surface area contributed by atoms with Crippen LogP contribution < -0.4 is 5.73 Å². The standard InChI is InChI=1S/C14H21N3O2S/c1-8(18)9(2)20-14-11(13(15)17-19)7-10-5-3-4-6-12(10)16-14/h7-9,18-19H,3-6H2,1-2H3,(H2,15,17). The van der Waals surface area contributed by atoms with Crippen molar-refractivity contribution in [2.45, 2.75) is 55.9 Å². The number of oxime groups is 1. The number of hydrogen-bond acceptors (Lipinski definition) is 5. The van der Waals surface area contributed by atoms with Crippen molar-refractivity contribution in [2.24, 2.45) is 10.9 Å². The topological polar surface area (TPSA) is 91.7 Å². The summed E-state index contributed by atoms with van der Waals surface area (Å²) in [5.74, 6) is 0.0752. The van der Waals surface area contributed by atoms with Gasteiger partial charge in [0.15, 0.2) is 5.84 Å². The molecule has 20 heavy (non-hydrogen) atoms. The molecule has 0 fully saturated rings. The normalized spacial score (nSPS) is 18.4. The zero-order valence-electron chi connectivity index (χ0n) is 11.8. The highest BCUT2D eigenvalue weighted by Crippen LogP contribution is 2.30. The van der Waals surface area contributed by atoms with Crippen LogP contribution in [-0.2, 0) is 12.8 Å². The number of aliphatic hydroxyl groups is 1. The first kappa shape index (κ1) is 15.1. The second kappa shape index (κ2) is 6.45. The summed E-state index contributed by atoms with van der Waals surface area (Å²) in [4.78, 5) is 4.68. The lowest BCUT2D eigenvalue weighted by atomic mass is 9.95. The molecule has 0 aromatic carbocycles. The van der Waals surface area contributed by atoms with Crippen LogP contribution in [0.3, 0.4) is 0 Å². The second-order valence-corrected chi connectivity index (χ2v) is 6.57. The number of hydrogen-bond donors (Lipinski definition) is 3. The molecule has 1 aliphatic carbocycles. The lowest BCUT2D eigenvalue weighted by molar-refractivity contribution is 0.196. The Labute approximate surface area is 123 Å². The van der Waals surface area contributed by atoms with E-state index in [4.69, 9.17) is 10.9 Å². The van der Waals surface area contributed by atoms with Crippen LogP contribution >= 0.6 is 11.8 Å². The van der Waals surface area contributed by atoms with Crippen LogP contribution in [0.15, 0.2) is 16.2 Å². The van der Waals surface area contributed by atoms with Gasteiger partial charge in [-0.05, 0) is 44.2 Å². The third-order valence-electron chi connectivity index (χ3n) is 3.63. The van der Waals surface area contributed by atoms with E-state index < -0.39 is 6.10 Å². The van der Waals surface area contributed by atoms with Crippen molar-refractivity contribution >= 4 is 17.6 Å². The molecule has 0 aliphatic heterocycles. The number of aromatic nitrogens is 1. The highest BCUT2D eigenvalue weighted by molar-refractivity contribution is 8.00. The van der Waals surface area contributed by atoms with Gasteiger partial charge in [-0.3, -0.25) is 0 Å². The summed E-state index contributed by atoms with van der Waals surface area (Å²) in [6, 6.07) is 1.98. The first-order valence-electron chi connectivity index (χ1n) is 6.88. The number of amidine groups is 1. The van der Waals surface area contributed by atoms with Gasteiger partial charge in [-0.15, -0.1) is 0 Å². The molecule has 1 aromatic rings. The fourth-order valence-corrected chi connectivity index (χ4v) is 3.22. The molecule has 0 radical (unpaired) electrons. The number of pyridine rings is 1. The fraction of sp³-hybridized carbons (Fsp3) is 0.571. The Morgan fingerprint density at radius 2 is 2.10 bits per heavy atom. The lowest BCUT2D eigenvalue weighted by Crippen LogP contribution is -2.20. The van der Waals surface area contributed by atoms with Gasteiger partial charge in [0.2, 0.25) is 0 Å². The lowest BCUT2D eigenvalue weighted by Gasteiger charge is -2.20. The Bertz CT molecular complexity index is 517. The van der Waals surface area contributed by atoms with Crippen molar-refractivity contribution in [2.75, 3.05) is 0 Å². The number of rotatable bonds is 4. The van der Waals surface area contributed by atoms with E-state index in [-0.39, 0.29) is 11.1 Å². The monoisotopic (exact) mass is 295 g/mol. The Balaban J connectivity index is 2.41. The minimum absolute atomic E-state index is 0.00520. The SMILES string of the molecule is CC(O)C(C)Sc1nc2c(cc1C(N)=NO)CCCC2. The molecule has 0 saturated carbocycles. The van der Waals surface area contributed by atoms with Crippen LogP contribution in [0.5, 0.6) is 0 Å². The van der Waals surface area contributed by atoms with Crippen LogP contribution in [0, 0.1) is 0 Å². The Kier molecular flexibility index (Phi) is 4.88. The quantitative estimate of drug-likeness (QED) is 0.259. The van der Waals surface area contributed by atoms with E-state index in [1.165, 1.54) is 17.3 Å². The predicted molar refractivity (Wildman–Crippen MR) is 80.4 cm³/mol. The first-order chi connectivity index (χ1) is 9.52. The van der Waals surface area contributed by atoms with Crippen molar-refractivity contribution in [1.82, 2.24) is 4.98 Å². The minimum Gasteiger partial charge on any atom is -0.409 e. The van der Waals surface area contributed by atoms with Crippen LogP contribution in [0.25, 0.3) is 0 Å². The molecule has 2 atom stereocenters. The molecule has 1 aliphatic rings. The van der Waals surface area contributed by atoms with Crippen molar-refractivity contribution in [3.05, 3.63) is 22.9 Å². The van der Waals surface area contributed by atoms with Gasteiger partial charge in [0.1, 0.15) is 5.03 Å². The molecule has 5 nitrogen and oxygen atoms in total. The fourth-order valence-electron chi connectivity index (χ4n) is 2.22. The van der Waals surface area contributed by atoms with E-state index in [2.05, 4.69) is 10.1 Å². The molecule has 0 amide bonds. The molecular formula is C14H21N3O2S.